The minimum absolute atomic E-state index is 0.0395. The Kier molecular flexibility index (Phi) is 4.16. The van der Waals surface area contributed by atoms with Crippen LogP contribution in [-0.2, 0) is 0 Å². The molecule has 0 saturated carbocycles. The van der Waals surface area contributed by atoms with E-state index < -0.39 is 21.7 Å². The summed E-state index contributed by atoms with van der Waals surface area (Å²) in [5.41, 5.74) is -3.88. The zero-order valence-electron chi connectivity index (χ0n) is 17.0. The molecule has 0 unspecified atom stereocenters. The Hall–Kier alpha value is -4.60. The summed E-state index contributed by atoms with van der Waals surface area (Å²) in [5, 5.41) is 78.9. The molecule has 0 aromatic heterocycles. The van der Waals surface area contributed by atoms with Crippen molar-refractivity contribution in [2.45, 2.75) is 38.5 Å². The van der Waals surface area contributed by atoms with E-state index in [9.17, 15) is 42.1 Å². The SMILES string of the molecule is N#CC1(C#N)CC2=C(CC1(C#N)C#N)C1CCC2C2=C1CC(C#N)(C#N)C(C#N)(C#N)C2. The molecule has 0 fully saturated rings. The van der Waals surface area contributed by atoms with Crippen LogP contribution in [0.25, 0.3) is 0 Å². The minimum Gasteiger partial charge on any atom is -0.196 e. The van der Waals surface area contributed by atoms with Gasteiger partial charge >= 0.3 is 0 Å². The van der Waals surface area contributed by atoms with Crippen molar-refractivity contribution in [1.29, 1.82) is 42.1 Å². The summed E-state index contributed by atoms with van der Waals surface area (Å²) in [4.78, 5) is 0. The Balaban J connectivity index is 1.92. The van der Waals surface area contributed by atoms with Gasteiger partial charge in [-0.25, -0.2) is 0 Å². The second-order valence-electron chi connectivity index (χ2n) is 9.01. The molecular weight excluding hydrogens is 400 g/mol. The quantitative estimate of drug-likeness (QED) is 0.538. The predicted molar refractivity (Wildman–Crippen MR) is 103 cm³/mol. The van der Waals surface area contributed by atoms with E-state index in [1.165, 1.54) is 0 Å². The number of nitrogens with zero attached hydrogens (tertiary/aromatic N) is 8. The fourth-order valence-corrected chi connectivity index (χ4v) is 6.22. The lowest BCUT2D eigenvalue weighted by atomic mass is 9.45. The molecule has 0 aliphatic heterocycles. The molecule has 5 aliphatic rings. The van der Waals surface area contributed by atoms with Crippen LogP contribution in [0, 0.1) is 124 Å². The van der Waals surface area contributed by atoms with E-state index in [0.29, 0.717) is 12.8 Å². The van der Waals surface area contributed by atoms with Crippen LogP contribution in [0.2, 0.25) is 0 Å². The average Bonchev–Trinajstić information content (AvgIpc) is 2.86. The van der Waals surface area contributed by atoms with Gasteiger partial charge in [-0.1, -0.05) is 22.3 Å². The smallest absolute Gasteiger partial charge is 0.179 e. The molecular formula is C24H14N8. The molecule has 8 nitrogen and oxygen atoms in total. The second kappa shape index (κ2) is 6.45. The minimum atomic E-state index is -1.81. The van der Waals surface area contributed by atoms with Crippen molar-refractivity contribution >= 4 is 0 Å². The number of hydrogen-bond donors (Lipinski definition) is 0. The van der Waals surface area contributed by atoms with Crippen molar-refractivity contribution in [2.75, 3.05) is 0 Å². The zero-order valence-corrected chi connectivity index (χ0v) is 17.0. The van der Waals surface area contributed by atoms with Crippen LogP contribution >= 0.6 is 0 Å². The van der Waals surface area contributed by atoms with Crippen molar-refractivity contribution in [3.63, 3.8) is 0 Å². The van der Waals surface area contributed by atoms with E-state index in [0.717, 1.165) is 22.3 Å². The van der Waals surface area contributed by atoms with Gasteiger partial charge in [0.25, 0.3) is 0 Å². The van der Waals surface area contributed by atoms with Crippen molar-refractivity contribution < 1.29 is 0 Å². The first-order valence-corrected chi connectivity index (χ1v) is 10.1. The van der Waals surface area contributed by atoms with Crippen LogP contribution in [0.5, 0.6) is 0 Å². The molecule has 32 heavy (non-hydrogen) atoms. The normalized spacial score (nSPS) is 29.0. The third kappa shape index (κ3) is 2.03. The van der Waals surface area contributed by atoms with Crippen molar-refractivity contribution in [3.8, 4) is 48.6 Å². The summed E-state index contributed by atoms with van der Waals surface area (Å²) in [5.74, 6) is -0.448. The topological polar surface area (TPSA) is 190 Å². The van der Waals surface area contributed by atoms with Crippen LogP contribution in [0.1, 0.15) is 38.5 Å². The van der Waals surface area contributed by atoms with Gasteiger partial charge in [-0.3, -0.25) is 0 Å². The molecule has 0 atom stereocenters. The molecule has 0 aromatic rings. The number of fused-ring (bicyclic) bond motifs is 1. The Morgan fingerprint density at radius 2 is 0.594 bits per heavy atom. The predicted octanol–water partition coefficient (Wildman–Crippen LogP) is 3.34. The molecule has 5 rings (SSSR count). The van der Waals surface area contributed by atoms with E-state index in [4.69, 9.17) is 0 Å². The Bertz CT molecular complexity index is 1090. The lowest BCUT2D eigenvalue weighted by Crippen LogP contribution is -2.50. The van der Waals surface area contributed by atoms with Gasteiger partial charge < -0.3 is 0 Å². The summed E-state index contributed by atoms with van der Waals surface area (Å²) < 4.78 is 0. The van der Waals surface area contributed by atoms with Gasteiger partial charge in [0, 0.05) is 37.5 Å². The van der Waals surface area contributed by atoms with Gasteiger partial charge in [-0.2, -0.15) is 42.1 Å². The molecule has 0 N–H and O–H groups in total. The van der Waals surface area contributed by atoms with E-state index in [1.807, 2.05) is 48.6 Å². The van der Waals surface area contributed by atoms with E-state index in [2.05, 4.69) is 0 Å². The molecule has 0 heterocycles. The number of allylic oxidation sites excluding steroid dienone is 4. The van der Waals surface area contributed by atoms with Gasteiger partial charge in [-0.15, -0.1) is 0 Å². The Morgan fingerprint density at radius 3 is 0.750 bits per heavy atom. The third-order valence-corrected chi connectivity index (χ3v) is 8.06. The molecule has 150 valence electrons. The van der Waals surface area contributed by atoms with Crippen molar-refractivity contribution in [3.05, 3.63) is 22.3 Å². The molecule has 8 heteroatoms. The highest BCUT2D eigenvalue weighted by Crippen LogP contribution is 2.66. The molecule has 0 spiro atoms. The van der Waals surface area contributed by atoms with Gasteiger partial charge in [0.05, 0.1) is 48.6 Å². The number of rotatable bonds is 0. The zero-order chi connectivity index (χ0) is 23.4. The molecule has 5 aliphatic carbocycles. The fourth-order valence-electron chi connectivity index (χ4n) is 6.22. The standard InChI is InChI=1S/C24H14N8/c25-7-21(8-26)3-17-15-1-2-16(19(17)5-23(21,11-29)12-30)20-6-24(13-31,14-32)22(9-27,10-28)4-18(15)20/h15-16H,1-6H2. The van der Waals surface area contributed by atoms with Gasteiger partial charge in [0.1, 0.15) is 0 Å². The maximum absolute atomic E-state index is 9.86. The van der Waals surface area contributed by atoms with E-state index >= 15 is 0 Å². The van der Waals surface area contributed by atoms with Crippen LogP contribution < -0.4 is 0 Å². The van der Waals surface area contributed by atoms with Crippen LogP contribution in [-0.4, -0.2) is 0 Å². The lowest BCUT2D eigenvalue weighted by molar-refractivity contribution is 0.197. The largest absolute Gasteiger partial charge is 0.196 e. The summed E-state index contributed by atoms with van der Waals surface area (Å²) in [7, 11) is 0. The second-order valence-corrected chi connectivity index (χ2v) is 9.01. The van der Waals surface area contributed by atoms with Gasteiger partial charge in [-0.05, 0) is 12.8 Å². The molecule has 2 bridgehead atoms. The van der Waals surface area contributed by atoms with Crippen molar-refractivity contribution in [1.82, 2.24) is 0 Å². The van der Waals surface area contributed by atoms with Crippen LogP contribution in [0.15, 0.2) is 22.3 Å². The molecule has 0 radical (unpaired) electrons. The summed E-state index contributed by atoms with van der Waals surface area (Å²) in [6, 6.07) is 15.6. The monoisotopic (exact) mass is 414 g/mol. The first-order chi connectivity index (χ1) is 15.3. The van der Waals surface area contributed by atoms with Crippen LogP contribution in [0.4, 0.5) is 0 Å². The number of nitriles is 8. The molecule has 0 aromatic carbocycles. The molecule has 0 amide bonds. The highest BCUT2D eigenvalue weighted by atomic mass is 14.7. The average molecular weight is 414 g/mol. The maximum Gasteiger partial charge on any atom is 0.179 e. The summed E-state index contributed by atoms with van der Waals surface area (Å²) >= 11 is 0. The summed E-state index contributed by atoms with van der Waals surface area (Å²) in [6.45, 7) is 0. The van der Waals surface area contributed by atoms with E-state index in [1.54, 1.807) is 0 Å². The van der Waals surface area contributed by atoms with Gasteiger partial charge in [0.2, 0.25) is 0 Å². The highest BCUT2D eigenvalue weighted by molar-refractivity contribution is 5.56. The maximum atomic E-state index is 9.86. The Labute approximate surface area is 185 Å². The lowest BCUT2D eigenvalue weighted by Gasteiger charge is -2.53. The molecule has 0 saturated heterocycles. The first-order valence-electron chi connectivity index (χ1n) is 10.1. The first kappa shape index (κ1) is 20.7. The highest BCUT2D eigenvalue weighted by Gasteiger charge is 2.65. The third-order valence-electron chi connectivity index (χ3n) is 8.06. The van der Waals surface area contributed by atoms with Crippen molar-refractivity contribution in [2.24, 2.45) is 33.5 Å². The Morgan fingerprint density at radius 1 is 0.406 bits per heavy atom. The van der Waals surface area contributed by atoms with E-state index in [-0.39, 0.29) is 37.5 Å². The number of hydrogen-bond acceptors (Lipinski definition) is 8. The van der Waals surface area contributed by atoms with Crippen LogP contribution in [0.3, 0.4) is 0 Å². The summed E-state index contributed by atoms with van der Waals surface area (Å²) in [6.07, 6.45) is 1.23. The van der Waals surface area contributed by atoms with Gasteiger partial charge in [0.15, 0.2) is 21.7 Å². The fraction of sp³-hybridized carbons (Fsp3) is 0.500.